The van der Waals surface area contributed by atoms with Crippen molar-refractivity contribution in [2.24, 2.45) is 0 Å². The predicted molar refractivity (Wildman–Crippen MR) is 109 cm³/mol. The molecule has 156 valence electrons. The molecule has 2 aliphatic rings. The molecule has 1 saturated heterocycles. The molecule has 0 unspecified atom stereocenters. The van der Waals surface area contributed by atoms with Crippen molar-refractivity contribution in [1.29, 1.82) is 0 Å². The monoisotopic (exact) mass is 390 g/mol. The van der Waals surface area contributed by atoms with Gasteiger partial charge in [0.15, 0.2) is 11.5 Å². The number of ether oxygens (including phenoxy) is 3. The Morgan fingerprint density at radius 1 is 1.14 bits per heavy atom. The number of likely N-dealkylation sites (tertiary alicyclic amines) is 1. The van der Waals surface area contributed by atoms with Crippen molar-refractivity contribution in [3.63, 3.8) is 0 Å². The molecule has 1 saturated carbocycles. The lowest BCUT2D eigenvalue weighted by molar-refractivity contribution is 0.0750. The molecule has 0 radical (unpaired) electrons. The zero-order valence-corrected chi connectivity index (χ0v) is 17.4. The zero-order chi connectivity index (χ0) is 19.9. The minimum atomic E-state index is -0.140. The maximum atomic E-state index is 12.4. The molecule has 2 fully saturated rings. The Morgan fingerprint density at radius 3 is 2.50 bits per heavy atom. The second-order valence-electron chi connectivity index (χ2n) is 7.99. The fraction of sp³-hybridized carbons (Fsp3) is 0.682. The first-order valence-corrected chi connectivity index (χ1v) is 10.5. The number of methoxy groups -OCH3 is 2. The van der Waals surface area contributed by atoms with Gasteiger partial charge in [0.05, 0.1) is 13.7 Å². The number of nitrogens with one attached hydrogen (secondary N) is 1. The highest BCUT2D eigenvalue weighted by Gasteiger charge is 2.28. The number of benzene rings is 1. The summed E-state index contributed by atoms with van der Waals surface area (Å²) >= 11 is 0. The normalized spacial score (nSPS) is 20.1. The van der Waals surface area contributed by atoms with Crippen LogP contribution in [-0.4, -0.2) is 62.9 Å². The number of hydrogen-bond donors (Lipinski definition) is 1. The van der Waals surface area contributed by atoms with Crippen molar-refractivity contribution in [3.05, 3.63) is 23.8 Å². The Labute approximate surface area is 168 Å². The highest BCUT2D eigenvalue weighted by atomic mass is 16.5. The van der Waals surface area contributed by atoms with E-state index in [1.165, 1.54) is 25.7 Å². The standard InChI is InChI=1S/C22H34N2O4/c1-16(15-26-2)23-22(25)17-8-9-20(21(14-17)27-3)28-19-10-12-24(13-11-19)18-6-4-5-7-18/h8-9,14,16,18-19H,4-7,10-13,15H2,1-3H3,(H,23,25)/t16-/m1/s1. The van der Waals surface area contributed by atoms with E-state index < -0.39 is 0 Å². The SMILES string of the molecule is COC[C@@H](C)NC(=O)c1ccc(OC2CCN(C3CCCC3)CC2)c(OC)c1. The van der Waals surface area contributed by atoms with Gasteiger partial charge in [-0.05, 0) is 50.8 Å². The molecule has 0 bridgehead atoms. The summed E-state index contributed by atoms with van der Waals surface area (Å²) in [5.41, 5.74) is 0.559. The van der Waals surface area contributed by atoms with Crippen molar-refractivity contribution in [1.82, 2.24) is 10.2 Å². The fourth-order valence-electron chi connectivity index (χ4n) is 4.31. The molecular weight excluding hydrogens is 356 g/mol. The van der Waals surface area contributed by atoms with Crippen LogP contribution in [0.1, 0.15) is 55.8 Å². The molecule has 3 rings (SSSR count). The minimum absolute atomic E-state index is 0.0514. The van der Waals surface area contributed by atoms with Crippen LogP contribution in [-0.2, 0) is 4.74 Å². The van der Waals surface area contributed by atoms with E-state index in [0.29, 0.717) is 23.7 Å². The van der Waals surface area contributed by atoms with Gasteiger partial charge in [0.2, 0.25) is 0 Å². The van der Waals surface area contributed by atoms with E-state index in [2.05, 4.69) is 10.2 Å². The van der Waals surface area contributed by atoms with Crippen LogP contribution in [0.2, 0.25) is 0 Å². The molecule has 1 aliphatic heterocycles. The summed E-state index contributed by atoms with van der Waals surface area (Å²) in [6.45, 7) is 4.60. The highest BCUT2D eigenvalue weighted by molar-refractivity contribution is 5.95. The van der Waals surface area contributed by atoms with Crippen LogP contribution in [0.5, 0.6) is 11.5 Å². The van der Waals surface area contributed by atoms with Gasteiger partial charge in [0.25, 0.3) is 5.91 Å². The largest absolute Gasteiger partial charge is 0.493 e. The van der Waals surface area contributed by atoms with E-state index in [1.807, 2.05) is 13.0 Å². The summed E-state index contributed by atoms with van der Waals surface area (Å²) in [6, 6.07) is 6.12. The summed E-state index contributed by atoms with van der Waals surface area (Å²) < 4.78 is 16.8. The lowest BCUT2D eigenvalue weighted by Gasteiger charge is -2.36. The van der Waals surface area contributed by atoms with Crippen LogP contribution in [0.4, 0.5) is 0 Å². The van der Waals surface area contributed by atoms with Crippen molar-refractivity contribution in [3.8, 4) is 11.5 Å². The number of amides is 1. The van der Waals surface area contributed by atoms with Gasteiger partial charge < -0.3 is 24.4 Å². The molecule has 1 N–H and O–H groups in total. The van der Waals surface area contributed by atoms with Gasteiger partial charge in [0.1, 0.15) is 6.10 Å². The maximum absolute atomic E-state index is 12.4. The maximum Gasteiger partial charge on any atom is 0.251 e. The van der Waals surface area contributed by atoms with Crippen LogP contribution < -0.4 is 14.8 Å². The molecule has 1 aromatic carbocycles. The smallest absolute Gasteiger partial charge is 0.251 e. The van der Waals surface area contributed by atoms with Crippen molar-refractivity contribution in [2.75, 3.05) is 33.9 Å². The number of rotatable bonds is 8. The molecule has 1 atom stereocenters. The lowest BCUT2D eigenvalue weighted by atomic mass is 10.0. The van der Waals surface area contributed by atoms with E-state index in [0.717, 1.165) is 32.0 Å². The van der Waals surface area contributed by atoms with Gasteiger partial charge in [-0.2, -0.15) is 0 Å². The molecule has 1 amide bonds. The quantitative estimate of drug-likeness (QED) is 0.738. The van der Waals surface area contributed by atoms with Crippen molar-refractivity contribution >= 4 is 5.91 Å². The molecule has 28 heavy (non-hydrogen) atoms. The molecule has 6 heteroatoms. The van der Waals surface area contributed by atoms with E-state index in [9.17, 15) is 4.79 Å². The first-order chi connectivity index (χ1) is 13.6. The average Bonchev–Trinajstić information content (AvgIpc) is 3.23. The Hall–Kier alpha value is -1.79. The minimum Gasteiger partial charge on any atom is -0.493 e. The third-order valence-corrected chi connectivity index (χ3v) is 5.83. The van der Waals surface area contributed by atoms with Crippen LogP contribution in [0.15, 0.2) is 18.2 Å². The Kier molecular flexibility index (Phi) is 7.57. The first kappa shape index (κ1) is 20.9. The molecule has 6 nitrogen and oxygen atoms in total. The Bertz CT molecular complexity index is 637. The van der Waals surface area contributed by atoms with E-state index in [4.69, 9.17) is 14.2 Å². The summed E-state index contributed by atoms with van der Waals surface area (Å²) in [6.07, 6.45) is 7.74. The molecule has 1 aliphatic carbocycles. The summed E-state index contributed by atoms with van der Waals surface area (Å²) in [7, 11) is 3.23. The molecule has 1 aromatic rings. The summed E-state index contributed by atoms with van der Waals surface area (Å²) in [5, 5.41) is 2.91. The van der Waals surface area contributed by atoms with Gasteiger partial charge in [-0.1, -0.05) is 12.8 Å². The number of hydrogen-bond acceptors (Lipinski definition) is 5. The first-order valence-electron chi connectivity index (χ1n) is 10.5. The molecule has 1 heterocycles. The fourth-order valence-corrected chi connectivity index (χ4v) is 4.31. The highest BCUT2D eigenvalue weighted by Crippen LogP contribution is 2.32. The Balaban J connectivity index is 1.56. The average molecular weight is 391 g/mol. The summed E-state index contributed by atoms with van der Waals surface area (Å²) in [5.74, 6) is 1.17. The third kappa shape index (κ3) is 5.39. The third-order valence-electron chi connectivity index (χ3n) is 5.83. The molecule has 0 spiro atoms. The van der Waals surface area contributed by atoms with Crippen molar-refractivity contribution in [2.45, 2.75) is 63.6 Å². The molecule has 0 aromatic heterocycles. The van der Waals surface area contributed by atoms with E-state index in [-0.39, 0.29) is 18.1 Å². The van der Waals surface area contributed by atoms with Gasteiger partial charge >= 0.3 is 0 Å². The topological polar surface area (TPSA) is 60.0 Å². The predicted octanol–water partition coefficient (Wildman–Crippen LogP) is 3.25. The lowest BCUT2D eigenvalue weighted by Crippen LogP contribution is -2.43. The van der Waals surface area contributed by atoms with Gasteiger partial charge in [-0.3, -0.25) is 4.79 Å². The number of nitrogens with zero attached hydrogens (tertiary/aromatic N) is 1. The van der Waals surface area contributed by atoms with Crippen LogP contribution in [0.25, 0.3) is 0 Å². The van der Waals surface area contributed by atoms with Gasteiger partial charge in [-0.25, -0.2) is 0 Å². The van der Waals surface area contributed by atoms with Gasteiger partial charge in [-0.15, -0.1) is 0 Å². The van der Waals surface area contributed by atoms with Crippen molar-refractivity contribution < 1.29 is 19.0 Å². The summed E-state index contributed by atoms with van der Waals surface area (Å²) in [4.78, 5) is 15.0. The van der Waals surface area contributed by atoms with Crippen LogP contribution in [0, 0.1) is 0 Å². The number of carbonyl (C=O) groups excluding carboxylic acids is 1. The van der Waals surface area contributed by atoms with E-state index >= 15 is 0 Å². The second-order valence-corrected chi connectivity index (χ2v) is 7.99. The Morgan fingerprint density at radius 2 is 1.86 bits per heavy atom. The number of carbonyl (C=O) groups is 1. The zero-order valence-electron chi connectivity index (χ0n) is 17.4. The second kappa shape index (κ2) is 10.1. The number of piperidine rings is 1. The van der Waals surface area contributed by atoms with Crippen LogP contribution >= 0.6 is 0 Å². The molecular formula is C22H34N2O4. The van der Waals surface area contributed by atoms with E-state index in [1.54, 1.807) is 26.4 Å². The van der Waals surface area contributed by atoms with Crippen LogP contribution in [0.3, 0.4) is 0 Å². The van der Waals surface area contributed by atoms with Gasteiger partial charge in [0, 0.05) is 37.8 Å².